The normalized spacial score (nSPS) is 10.9. The Hall–Kier alpha value is -3.03. The lowest BCUT2D eigenvalue weighted by molar-refractivity contribution is -0.274. The molecular weight excluding hydrogens is 349 g/mol. The zero-order valence-corrected chi connectivity index (χ0v) is 13.7. The van der Waals surface area contributed by atoms with Gasteiger partial charge in [-0.3, -0.25) is 9.59 Å². The number of rotatable bonds is 7. The van der Waals surface area contributed by atoms with Crippen LogP contribution in [0.2, 0.25) is 0 Å². The first-order chi connectivity index (χ1) is 12.3. The van der Waals surface area contributed by atoms with Crippen molar-refractivity contribution in [1.82, 2.24) is 5.32 Å². The SMILES string of the molecule is O=C(Cc1ccccc1)NCCC(=O)Nc1ccc(OC(F)(F)F)cc1. The Kier molecular flexibility index (Phi) is 6.60. The first-order valence-corrected chi connectivity index (χ1v) is 7.78. The van der Waals surface area contributed by atoms with Crippen LogP contribution in [0.15, 0.2) is 54.6 Å². The van der Waals surface area contributed by atoms with Gasteiger partial charge in [-0.1, -0.05) is 30.3 Å². The van der Waals surface area contributed by atoms with Crippen LogP contribution in [0.3, 0.4) is 0 Å². The highest BCUT2D eigenvalue weighted by molar-refractivity contribution is 5.91. The van der Waals surface area contributed by atoms with Gasteiger partial charge in [0.25, 0.3) is 0 Å². The van der Waals surface area contributed by atoms with Gasteiger partial charge in [-0.25, -0.2) is 0 Å². The molecule has 0 radical (unpaired) electrons. The summed E-state index contributed by atoms with van der Waals surface area (Å²) in [4.78, 5) is 23.5. The Labute approximate surface area is 148 Å². The number of hydrogen-bond acceptors (Lipinski definition) is 3. The largest absolute Gasteiger partial charge is 0.573 e. The van der Waals surface area contributed by atoms with Gasteiger partial charge in [0.15, 0.2) is 0 Å². The van der Waals surface area contributed by atoms with Crippen LogP contribution in [0.1, 0.15) is 12.0 Å². The fraction of sp³-hybridized carbons (Fsp3) is 0.222. The smallest absolute Gasteiger partial charge is 0.406 e. The number of halogens is 3. The van der Waals surface area contributed by atoms with Crippen molar-refractivity contribution in [1.29, 1.82) is 0 Å². The van der Waals surface area contributed by atoms with E-state index in [1.54, 1.807) is 0 Å². The fourth-order valence-corrected chi connectivity index (χ4v) is 2.12. The molecule has 0 saturated carbocycles. The summed E-state index contributed by atoms with van der Waals surface area (Å²) in [6.07, 6.45) is -4.49. The molecule has 138 valence electrons. The van der Waals surface area contributed by atoms with Gasteiger partial charge in [0.2, 0.25) is 11.8 Å². The molecule has 0 spiro atoms. The van der Waals surface area contributed by atoms with Crippen LogP contribution in [-0.4, -0.2) is 24.7 Å². The van der Waals surface area contributed by atoms with E-state index in [9.17, 15) is 22.8 Å². The van der Waals surface area contributed by atoms with E-state index in [4.69, 9.17) is 0 Å². The maximum absolute atomic E-state index is 12.1. The molecule has 0 bridgehead atoms. The molecule has 0 aliphatic heterocycles. The van der Waals surface area contributed by atoms with Gasteiger partial charge in [0, 0.05) is 18.7 Å². The summed E-state index contributed by atoms with van der Waals surface area (Å²) in [6.45, 7) is 0.159. The molecule has 0 aliphatic carbocycles. The zero-order valence-electron chi connectivity index (χ0n) is 13.7. The lowest BCUT2D eigenvalue weighted by Crippen LogP contribution is -2.28. The minimum atomic E-state index is -4.76. The Morgan fingerprint density at radius 2 is 1.58 bits per heavy atom. The number of amides is 2. The van der Waals surface area contributed by atoms with Gasteiger partial charge in [0.05, 0.1) is 6.42 Å². The third-order valence-electron chi connectivity index (χ3n) is 3.25. The summed E-state index contributed by atoms with van der Waals surface area (Å²) in [7, 11) is 0. The number of anilines is 1. The number of alkyl halides is 3. The number of carbonyl (C=O) groups is 2. The van der Waals surface area contributed by atoms with E-state index in [1.165, 1.54) is 12.1 Å². The number of nitrogens with one attached hydrogen (secondary N) is 2. The van der Waals surface area contributed by atoms with E-state index in [2.05, 4.69) is 15.4 Å². The minimum absolute atomic E-state index is 0.0430. The van der Waals surface area contributed by atoms with Gasteiger partial charge in [-0.15, -0.1) is 13.2 Å². The highest BCUT2D eigenvalue weighted by Crippen LogP contribution is 2.23. The minimum Gasteiger partial charge on any atom is -0.406 e. The summed E-state index contributed by atoms with van der Waals surface area (Å²) >= 11 is 0. The molecule has 2 rings (SSSR count). The van der Waals surface area contributed by atoms with E-state index in [-0.39, 0.29) is 37.0 Å². The summed E-state index contributed by atoms with van der Waals surface area (Å²) in [5.41, 5.74) is 1.20. The monoisotopic (exact) mass is 366 g/mol. The third kappa shape index (κ3) is 7.25. The fourth-order valence-electron chi connectivity index (χ4n) is 2.12. The van der Waals surface area contributed by atoms with Crippen molar-refractivity contribution in [2.45, 2.75) is 19.2 Å². The lowest BCUT2D eigenvalue weighted by atomic mass is 10.1. The van der Waals surface area contributed by atoms with Gasteiger partial charge >= 0.3 is 6.36 Å². The Bertz CT molecular complexity index is 732. The van der Waals surface area contributed by atoms with Crippen molar-refractivity contribution in [3.05, 3.63) is 60.2 Å². The van der Waals surface area contributed by atoms with E-state index in [0.717, 1.165) is 17.7 Å². The topological polar surface area (TPSA) is 67.4 Å². The van der Waals surface area contributed by atoms with Crippen molar-refractivity contribution in [3.8, 4) is 5.75 Å². The molecule has 2 amide bonds. The lowest BCUT2D eigenvalue weighted by Gasteiger charge is -2.10. The molecule has 0 atom stereocenters. The summed E-state index contributed by atoms with van der Waals surface area (Å²) in [5.74, 6) is -0.934. The van der Waals surface area contributed by atoms with Crippen molar-refractivity contribution in [3.63, 3.8) is 0 Å². The molecular formula is C18H17F3N2O3. The predicted octanol–water partition coefficient (Wildman–Crippen LogP) is 3.27. The molecule has 2 N–H and O–H groups in total. The molecule has 0 saturated heterocycles. The highest BCUT2D eigenvalue weighted by Gasteiger charge is 2.30. The summed E-state index contributed by atoms with van der Waals surface area (Å²) in [6, 6.07) is 14.0. The van der Waals surface area contributed by atoms with E-state index in [1.807, 2.05) is 30.3 Å². The maximum atomic E-state index is 12.1. The average Bonchev–Trinajstić information content (AvgIpc) is 2.56. The van der Waals surface area contributed by atoms with Gasteiger partial charge in [0.1, 0.15) is 5.75 Å². The van der Waals surface area contributed by atoms with E-state index < -0.39 is 6.36 Å². The van der Waals surface area contributed by atoms with E-state index >= 15 is 0 Å². The second kappa shape index (κ2) is 8.89. The van der Waals surface area contributed by atoms with E-state index in [0.29, 0.717) is 5.69 Å². The summed E-state index contributed by atoms with van der Waals surface area (Å²) in [5, 5.41) is 5.17. The molecule has 0 fully saturated rings. The number of benzene rings is 2. The molecule has 0 aromatic heterocycles. The molecule has 0 unspecified atom stereocenters. The van der Waals surface area contributed by atoms with Crippen molar-refractivity contribution < 1.29 is 27.5 Å². The second-order valence-corrected chi connectivity index (χ2v) is 5.38. The van der Waals surface area contributed by atoms with Crippen LogP contribution < -0.4 is 15.4 Å². The van der Waals surface area contributed by atoms with Crippen LogP contribution in [-0.2, 0) is 16.0 Å². The zero-order chi connectivity index (χ0) is 19.0. The quantitative estimate of drug-likeness (QED) is 0.790. The van der Waals surface area contributed by atoms with Crippen LogP contribution >= 0.6 is 0 Å². The van der Waals surface area contributed by atoms with Gasteiger partial charge in [-0.2, -0.15) is 0 Å². The van der Waals surface area contributed by atoms with Crippen molar-refractivity contribution >= 4 is 17.5 Å². The average molecular weight is 366 g/mol. The van der Waals surface area contributed by atoms with Crippen LogP contribution in [0.5, 0.6) is 5.75 Å². The molecule has 0 aliphatic rings. The van der Waals surface area contributed by atoms with Gasteiger partial charge < -0.3 is 15.4 Å². The number of carbonyl (C=O) groups excluding carboxylic acids is 2. The maximum Gasteiger partial charge on any atom is 0.573 e. The first-order valence-electron chi connectivity index (χ1n) is 7.78. The van der Waals surface area contributed by atoms with Crippen LogP contribution in [0, 0.1) is 0 Å². The second-order valence-electron chi connectivity index (χ2n) is 5.38. The summed E-state index contributed by atoms with van der Waals surface area (Å²) < 4.78 is 39.9. The van der Waals surface area contributed by atoms with Crippen molar-refractivity contribution in [2.75, 3.05) is 11.9 Å². The molecule has 2 aromatic carbocycles. The Balaban J connectivity index is 1.71. The molecule has 26 heavy (non-hydrogen) atoms. The number of hydrogen-bond donors (Lipinski definition) is 2. The first kappa shape index (κ1) is 19.3. The standard InChI is InChI=1S/C18H17F3N2O3/c19-18(20,21)26-15-8-6-14(7-9-15)23-16(24)10-11-22-17(25)12-13-4-2-1-3-5-13/h1-9H,10-12H2,(H,22,25)(H,23,24). The molecule has 2 aromatic rings. The Morgan fingerprint density at radius 3 is 2.19 bits per heavy atom. The third-order valence-corrected chi connectivity index (χ3v) is 3.25. The Morgan fingerprint density at radius 1 is 0.923 bits per heavy atom. The predicted molar refractivity (Wildman–Crippen MR) is 89.5 cm³/mol. The van der Waals surface area contributed by atoms with Gasteiger partial charge in [-0.05, 0) is 29.8 Å². The highest BCUT2D eigenvalue weighted by atomic mass is 19.4. The van der Waals surface area contributed by atoms with Crippen molar-refractivity contribution in [2.24, 2.45) is 0 Å². The van der Waals surface area contributed by atoms with Crippen LogP contribution in [0.4, 0.5) is 18.9 Å². The van der Waals surface area contributed by atoms with Crippen LogP contribution in [0.25, 0.3) is 0 Å². The molecule has 5 nitrogen and oxygen atoms in total. The molecule has 0 heterocycles. The molecule has 8 heteroatoms. The number of ether oxygens (including phenoxy) is 1.